The first kappa shape index (κ1) is 16.3. The van der Waals surface area contributed by atoms with Crippen molar-refractivity contribution in [2.45, 2.75) is 26.4 Å². The first-order chi connectivity index (χ1) is 10.3. The lowest BCUT2D eigenvalue weighted by molar-refractivity contribution is 0.0534. The number of aromatic nitrogens is 1. The molecular formula is C17H19ClN2O2. The van der Waals surface area contributed by atoms with Crippen LogP contribution in [-0.2, 0) is 4.74 Å². The van der Waals surface area contributed by atoms with Crippen molar-refractivity contribution in [3.63, 3.8) is 0 Å². The largest absolute Gasteiger partial charge is 0.444 e. The van der Waals surface area contributed by atoms with Crippen molar-refractivity contribution in [1.29, 1.82) is 0 Å². The summed E-state index contributed by atoms with van der Waals surface area (Å²) in [4.78, 5) is 15.8. The third kappa shape index (κ3) is 4.74. The molecular weight excluding hydrogens is 300 g/mol. The van der Waals surface area contributed by atoms with Crippen molar-refractivity contribution in [1.82, 2.24) is 10.3 Å². The molecule has 1 N–H and O–H groups in total. The Kier molecular flexibility index (Phi) is 5.03. The number of halogens is 1. The summed E-state index contributed by atoms with van der Waals surface area (Å²) in [6.45, 7) is 5.89. The lowest BCUT2D eigenvalue weighted by atomic mass is 10.1. The molecule has 0 bridgehead atoms. The van der Waals surface area contributed by atoms with Gasteiger partial charge in [0.05, 0.1) is 10.5 Å². The highest BCUT2D eigenvalue weighted by atomic mass is 35.5. The minimum Gasteiger partial charge on any atom is -0.444 e. The van der Waals surface area contributed by atoms with Crippen LogP contribution in [-0.4, -0.2) is 23.2 Å². The molecule has 0 saturated carbocycles. The fourth-order valence-corrected chi connectivity index (χ4v) is 2.10. The van der Waals surface area contributed by atoms with Crippen molar-refractivity contribution in [2.24, 2.45) is 0 Å². The quantitative estimate of drug-likeness (QED) is 0.911. The molecule has 0 aliphatic carbocycles. The molecule has 0 spiro atoms. The van der Waals surface area contributed by atoms with E-state index in [-0.39, 0.29) is 0 Å². The Hall–Kier alpha value is -2.07. The second kappa shape index (κ2) is 6.79. The van der Waals surface area contributed by atoms with E-state index in [1.54, 1.807) is 12.3 Å². The highest BCUT2D eigenvalue weighted by molar-refractivity contribution is 6.35. The second-order valence-corrected chi connectivity index (χ2v) is 6.26. The number of carbonyl (C=O) groups excluding carboxylic acids is 1. The molecule has 2 aromatic rings. The van der Waals surface area contributed by atoms with Gasteiger partial charge in [-0.15, -0.1) is 0 Å². The van der Waals surface area contributed by atoms with Gasteiger partial charge in [-0.3, -0.25) is 4.98 Å². The molecule has 1 aromatic heterocycles. The highest BCUT2D eigenvalue weighted by Gasteiger charge is 2.14. The van der Waals surface area contributed by atoms with E-state index in [0.717, 1.165) is 16.5 Å². The third-order valence-electron chi connectivity index (χ3n) is 2.79. The van der Waals surface area contributed by atoms with Gasteiger partial charge in [0.2, 0.25) is 0 Å². The summed E-state index contributed by atoms with van der Waals surface area (Å²) >= 11 is 6.10. The Balaban J connectivity index is 1.95. The van der Waals surface area contributed by atoms with Crippen LogP contribution in [0.5, 0.6) is 0 Å². The molecule has 1 heterocycles. The van der Waals surface area contributed by atoms with Crippen LogP contribution in [0.15, 0.2) is 36.5 Å². The van der Waals surface area contributed by atoms with Crippen LogP contribution in [0.4, 0.5) is 4.79 Å². The van der Waals surface area contributed by atoms with Crippen molar-refractivity contribution in [2.75, 3.05) is 6.54 Å². The lowest BCUT2D eigenvalue weighted by Gasteiger charge is -2.19. The number of benzene rings is 1. The molecule has 1 aromatic carbocycles. The fourth-order valence-electron chi connectivity index (χ4n) is 1.89. The number of nitrogens with one attached hydrogen (secondary N) is 1. The standard InChI is InChI=1S/C17H19ClN2O2/c1-17(2,3)22-16(21)20-9-4-5-12-6-7-13-14(18)8-10-19-15(13)11-12/h4-8,10-11H,9H2,1-3H3,(H,20,21). The average Bonchev–Trinajstić information content (AvgIpc) is 2.42. The molecule has 4 nitrogen and oxygen atoms in total. The number of hydrogen-bond acceptors (Lipinski definition) is 3. The van der Waals surface area contributed by atoms with Crippen LogP contribution >= 0.6 is 11.6 Å². The van der Waals surface area contributed by atoms with E-state index in [0.29, 0.717) is 11.6 Å². The Labute approximate surface area is 135 Å². The van der Waals surface area contributed by atoms with E-state index in [1.807, 2.05) is 51.1 Å². The fraction of sp³-hybridized carbons (Fsp3) is 0.294. The number of pyridine rings is 1. The van der Waals surface area contributed by atoms with Crippen LogP contribution < -0.4 is 5.32 Å². The molecule has 0 saturated heterocycles. The van der Waals surface area contributed by atoms with Crippen molar-refractivity contribution in [3.05, 3.63) is 47.1 Å². The molecule has 116 valence electrons. The predicted octanol–water partition coefficient (Wildman–Crippen LogP) is 4.43. The molecule has 2 rings (SSSR count). The van der Waals surface area contributed by atoms with Gasteiger partial charge in [-0.1, -0.05) is 35.9 Å². The molecule has 0 fully saturated rings. The smallest absolute Gasteiger partial charge is 0.407 e. The number of amides is 1. The summed E-state index contributed by atoms with van der Waals surface area (Å²) in [7, 11) is 0. The van der Waals surface area contributed by atoms with Crippen molar-refractivity contribution >= 4 is 34.7 Å². The van der Waals surface area contributed by atoms with E-state index < -0.39 is 11.7 Å². The number of fused-ring (bicyclic) bond motifs is 1. The van der Waals surface area contributed by atoms with Crippen LogP contribution in [0.3, 0.4) is 0 Å². The van der Waals surface area contributed by atoms with E-state index in [2.05, 4.69) is 10.3 Å². The average molecular weight is 319 g/mol. The Morgan fingerprint density at radius 1 is 1.36 bits per heavy atom. The van der Waals surface area contributed by atoms with E-state index >= 15 is 0 Å². The SMILES string of the molecule is CC(C)(C)OC(=O)NCC=Cc1ccc2c(Cl)ccnc2c1. The summed E-state index contributed by atoms with van der Waals surface area (Å²) in [6.07, 6.45) is 5.03. The molecule has 0 aliphatic heterocycles. The van der Waals surface area contributed by atoms with E-state index in [1.165, 1.54) is 0 Å². The number of rotatable bonds is 3. The number of hydrogen-bond donors (Lipinski definition) is 1. The normalized spacial score (nSPS) is 11.8. The Morgan fingerprint density at radius 2 is 2.14 bits per heavy atom. The zero-order chi connectivity index (χ0) is 16.2. The van der Waals surface area contributed by atoms with E-state index in [4.69, 9.17) is 16.3 Å². The van der Waals surface area contributed by atoms with Gasteiger partial charge < -0.3 is 10.1 Å². The second-order valence-electron chi connectivity index (χ2n) is 5.85. The predicted molar refractivity (Wildman–Crippen MR) is 90.0 cm³/mol. The highest BCUT2D eigenvalue weighted by Crippen LogP contribution is 2.22. The van der Waals surface area contributed by atoms with Gasteiger partial charge in [0.15, 0.2) is 0 Å². The minimum absolute atomic E-state index is 0.399. The van der Waals surface area contributed by atoms with Gasteiger partial charge in [0.1, 0.15) is 5.60 Å². The van der Waals surface area contributed by atoms with E-state index in [9.17, 15) is 4.79 Å². The molecule has 0 aliphatic rings. The van der Waals surface area contributed by atoms with Gasteiger partial charge in [0.25, 0.3) is 0 Å². The summed E-state index contributed by atoms with van der Waals surface area (Å²) < 4.78 is 5.15. The van der Waals surface area contributed by atoms with Crippen LogP contribution in [0, 0.1) is 0 Å². The van der Waals surface area contributed by atoms with Gasteiger partial charge in [-0.05, 0) is 38.5 Å². The molecule has 22 heavy (non-hydrogen) atoms. The van der Waals surface area contributed by atoms with Gasteiger partial charge in [-0.25, -0.2) is 4.79 Å². The molecule has 5 heteroatoms. The Bertz CT molecular complexity index is 705. The van der Waals surface area contributed by atoms with Crippen LogP contribution in [0.1, 0.15) is 26.3 Å². The van der Waals surface area contributed by atoms with Gasteiger partial charge in [0, 0.05) is 18.1 Å². The summed E-state index contributed by atoms with van der Waals surface area (Å²) in [5.41, 5.74) is 1.35. The Morgan fingerprint density at radius 3 is 2.86 bits per heavy atom. The van der Waals surface area contributed by atoms with Crippen LogP contribution in [0.25, 0.3) is 17.0 Å². The first-order valence-corrected chi connectivity index (χ1v) is 7.40. The number of carbonyl (C=O) groups is 1. The van der Waals surface area contributed by atoms with Crippen LogP contribution in [0.2, 0.25) is 5.02 Å². The van der Waals surface area contributed by atoms with Gasteiger partial charge >= 0.3 is 6.09 Å². The van der Waals surface area contributed by atoms with Crippen molar-refractivity contribution in [3.8, 4) is 0 Å². The number of ether oxygens (including phenoxy) is 1. The minimum atomic E-state index is -0.489. The zero-order valence-electron chi connectivity index (χ0n) is 12.9. The molecule has 0 radical (unpaired) electrons. The lowest BCUT2D eigenvalue weighted by Crippen LogP contribution is -2.32. The monoisotopic (exact) mass is 318 g/mol. The maximum atomic E-state index is 11.5. The third-order valence-corrected chi connectivity index (χ3v) is 3.12. The van der Waals surface area contributed by atoms with Crippen molar-refractivity contribution < 1.29 is 9.53 Å². The first-order valence-electron chi connectivity index (χ1n) is 7.03. The molecule has 0 atom stereocenters. The maximum Gasteiger partial charge on any atom is 0.407 e. The number of nitrogens with zero attached hydrogens (tertiary/aromatic N) is 1. The topological polar surface area (TPSA) is 51.2 Å². The summed E-state index contributed by atoms with van der Waals surface area (Å²) in [5, 5.41) is 4.28. The maximum absolute atomic E-state index is 11.5. The summed E-state index contributed by atoms with van der Waals surface area (Å²) in [6, 6.07) is 7.61. The van der Waals surface area contributed by atoms with Gasteiger partial charge in [-0.2, -0.15) is 0 Å². The molecule has 1 amide bonds. The zero-order valence-corrected chi connectivity index (χ0v) is 13.6. The summed E-state index contributed by atoms with van der Waals surface area (Å²) in [5.74, 6) is 0. The molecule has 0 unspecified atom stereocenters. The number of alkyl carbamates (subject to hydrolysis) is 1.